The van der Waals surface area contributed by atoms with E-state index < -0.39 is 27.8 Å². The van der Waals surface area contributed by atoms with Crippen molar-refractivity contribution in [2.24, 2.45) is 0 Å². The van der Waals surface area contributed by atoms with Crippen LogP contribution in [-0.4, -0.2) is 45.4 Å². The first-order valence-electron chi connectivity index (χ1n) is 7.13. The first-order chi connectivity index (χ1) is 10.5. The van der Waals surface area contributed by atoms with Crippen LogP contribution in [0.4, 0.5) is 5.69 Å². The number of nitro groups is 1. The molecule has 0 atom stereocenters. The van der Waals surface area contributed by atoms with E-state index in [0.717, 1.165) is 12.1 Å². The number of carbonyl (C=O) groups excluding carboxylic acids is 2. The molecule has 1 aromatic carbocycles. The number of rotatable bonds is 5. The molecule has 0 saturated carbocycles. The Kier molecular flexibility index (Phi) is 5.67. The van der Waals surface area contributed by atoms with Crippen LogP contribution < -0.4 is 5.32 Å². The van der Waals surface area contributed by atoms with Crippen LogP contribution in [0.1, 0.15) is 38.1 Å². The third-order valence-electron chi connectivity index (χ3n) is 2.94. The molecule has 0 heterocycles. The largest absolute Gasteiger partial charge is 0.502 e. The Bertz CT molecular complexity index is 622. The van der Waals surface area contributed by atoms with Gasteiger partial charge in [-0.15, -0.1) is 0 Å². The monoisotopic (exact) mass is 323 g/mol. The van der Waals surface area contributed by atoms with Crippen molar-refractivity contribution < 1.29 is 19.6 Å². The predicted molar refractivity (Wildman–Crippen MR) is 84.2 cm³/mol. The maximum Gasteiger partial charge on any atom is 0.310 e. The molecule has 0 aliphatic carbocycles. The van der Waals surface area contributed by atoms with Gasteiger partial charge in [-0.1, -0.05) is 0 Å². The van der Waals surface area contributed by atoms with Gasteiger partial charge in [0.25, 0.3) is 5.91 Å². The van der Waals surface area contributed by atoms with E-state index in [0.29, 0.717) is 0 Å². The van der Waals surface area contributed by atoms with Crippen LogP contribution in [0.15, 0.2) is 18.2 Å². The Labute approximate surface area is 134 Å². The van der Waals surface area contributed by atoms with Crippen LogP contribution in [-0.2, 0) is 4.79 Å². The van der Waals surface area contributed by atoms with Gasteiger partial charge in [-0.3, -0.25) is 19.7 Å². The Morgan fingerprint density at radius 3 is 2.39 bits per heavy atom. The number of hydrogen-bond donors (Lipinski definition) is 2. The summed E-state index contributed by atoms with van der Waals surface area (Å²) in [5, 5.41) is 23.0. The quantitative estimate of drug-likeness (QED) is 0.632. The molecule has 0 aliphatic rings. The van der Waals surface area contributed by atoms with Gasteiger partial charge in [-0.05, 0) is 39.8 Å². The number of benzene rings is 1. The number of nitrogens with zero attached hydrogens (tertiary/aromatic N) is 2. The van der Waals surface area contributed by atoms with Crippen LogP contribution in [0.5, 0.6) is 5.75 Å². The summed E-state index contributed by atoms with van der Waals surface area (Å²) in [6, 6.07) is 3.35. The summed E-state index contributed by atoms with van der Waals surface area (Å²) >= 11 is 0. The Balaban J connectivity index is 2.90. The number of carbonyl (C=O) groups is 2. The number of nitro benzene ring substituents is 1. The topological polar surface area (TPSA) is 113 Å². The molecule has 0 radical (unpaired) electrons. The minimum atomic E-state index is -0.738. The summed E-state index contributed by atoms with van der Waals surface area (Å²) in [5.74, 6) is -1.38. The minimum absolute atomic E-state index is 0.0820. The van der Waals surface area contributed by atoms with Crippen molar-refractivity contribution in [1.82, 2.24) is 10.2 Å². The molecule has 0 bridgehead atoms. The van der Waals surface area contributed by atoms with Gasteiger partial charge in [-0.2, -0.15) is 0 Å². The second kappa shape index (κ2) is 7.08. The van der Waals surface area contributed by atoms with Crippen molar-refractivity contribution in [2.75, 3.05) is 13.1 Å². The zero-order chi connectivity index (χ0) is 17.8. The number of phenols is 1. The summed E-state index contributed by atoms with van der Waals surface area (Å²) in [6.45, 7) is 7.36. The van der Waals surface area contributed by atoms with Gasteiger partial charge in [0.05, 0.1) is 11.5 Å². The molecule has 1 rings (SSSR count). The summed E-state index contributed by atoms with van der Waals surface area (Å²) < 4.78 is 0. The van der Waals surface area contributed by atoms with Gasteiger partial charge in [-0.25, -0.2) is 0 Å². The third-order valence-corrected chi connectivity index (χ3v) is 2.94. The second-order valence-corrected chi connectivity index (χ2v) is 6.08. The molecule has 2 N–H and O–H groups in total. The summed E-state index contributed by atoms with van der Waals surface area (Å²) in [7, 11) is 0. The van der Waals surface area contributed by atoms with Gasteiger partial charge in [0.1, 0.15) is 0 Å². The van der Waals surface area contributed by atoms with Crippen LogP contribution in [0.25, 0.3) is 0 Å². The fourth-order valence-corrected chi connectivity index (χ4v) is 1.95. The van der Waals surface area contributed by atoms with E-state index in [1.807, 2.05) is 20.8 Å². The number of likely N-dealkylation sites (N-methyl/N-ethyl adjacent to an activating group) is 1. The molecular formula is C15H21N3O5. The maximum atomic E-state index is 12.4. The van der Waals surface area contributed by atoms with Crippen LogP contribution >= 0.6 is 0 Å². The van der Waals surface area contributed by atoms with Gasteiger partial charge in [0, 0.05) is 23.7 Å². The van der Waals surface area contributed by atoms with Crippen molar-refractivity contribution in [1.29, 1.82) is 0 Å². The Morgan fingerprint density at radius 1 is 1.35 bits per heavy atom. The third kappa shape index (κ3) is 5.24. The highest BCUT2D eigenvalue weighted by Crippen LogP contribution is 2.26. The highest BCUT2D eigenvalue weighted by atomic mass is 16.6. The normalized spacial score (nSPS) is 11.0. The molecule has 0 unspecified atom stereocenters. The number of nitrogens with one attached hydrogen (secondary N) is 1. The predicted octanol–water partition coefficient (Wildman–Crippen LogP) is 1.68. The van der Waals surface area contributed by atoms with E-state index in [1.165, 1.54) is 11.0 Å². The molecule has 8 heteroatoms. The zero-order valence-corrected chi connectivity index (χ0v) is 13.6. The lowest BCUT2D eigenvalue weighted by Crippen LogP contribution is -2.47. The molecule has 1 aromatic rings. The summed E-state index contributed by atoms with van der Waals surface area (Å²) in [6.07, 6.45) is 0. The highest BCUT2D eigenvalue weighted by Gasteiger charge is 2.22. The van der Waals surface area contributed by atoms with Gasteiger partial charge < -0.3 is 15.3 Å². The number of hydrogen-bond acceptors (Lipinski definition) is 5. The summed E-state index contributed by atoms with van der Waals surface area (Å²) in [5.41, 5.74) is -0.806. The van der Waals surface area contributed by atoms with E-state index >= 15 is 0 Å². The SMILES string of the molecule is CCN(CC(=O)NC(C)(C)C)C(=O)c1ccc([N+](=O)[O-])c(O)c1. The van der Waals surface area contributed by atoms with E-state index in [-0.39, 0.29) is 24.6 Å². The van der Waals surface area contributed by atoms with Crippen LogP contribution in [0.3, 0.4) is 0 Å². The fourth-order valence-electron chi connectivity index (χ4n) is 1.95. The fraction of sp³-hybridized carbons (Fsp3) is 0.467. The molecule has 0 spiro atoms. The lowest BCUT2D eigenvalue weighted by atomic mass is 10.1. The van der Waals surface area contributed by atoms with Crippen LogP contribution in [0.2, 0.25) is 0 Å². The van der Waals surface area contributed by atoms with Crippen molar-refractivity contribution >= 4 is 17.5 Å². The van der Waals surface area contributed by atoms with E-state index in [2.05, 4.69) is 5.32 Å². The molecule has 0 aromatic heterocycles. The lowest BCUT2D eigenvalue weighted by Gasteiger charge is -2.25. The molecule has 8 nitrogen and oxygen atoms in total. The molecular weight excluding hydrogens is 302 g/mol. The molecule has 0 fully saturated rings. The van der Waals surface area contributed by atoms with Gasteiger partial charge in [0.15, 0.2) is 5.75 Å². The van der Waals surface area contributed by atoms with E-state index in [4.69, 9.17) is 0 Å². The van der Waals surface area contributed by atoms with Gasteiger partial charge >= 0.3 is 5.69 Å². The van der Waals surface area contributed by atoms with Gasteiger partial charge in [0.2, 0.25) is 5.91 Å². The first kappa shape index (κ1) is 18.4. The smallest absolute Gasteiger partial charge is 0.310 e. The van der Waals surface area contributed by atoms with Crippen molar-refractivity contribution in [3.63, 3.8) is 0 Å². The second-order valence-electron chi connectivity index (χ2n) is 6.08. The molecule has 126 valence electrons. The number of amides is 2. The molecule has 0 saturated heterocycles. The highest BCUT2D eigenvalue weighted by molar-refractivity contribution is 5.97. The molecule has 23 heavy (non-hydrogen) atoms. The van der Waals surface area contributed by atoms with Crippen molar-refractivity contribution in [2.45, 2.75) is 33.2 Å². The van der Waals surface area contributed by atoms with Crippen LogP contribution in [0, 0.1) is 10.1 Å². The van der Waals surface area contributed by atoms with Crippen molar-refractivity contribution in [3.8, 4) is 5.75 Å². The standard InChI is InChI=1S/C15H21N3O5/c1-5-17(9-13(20)16-15(2,3)4)14(21)10-6-7-11(18(22)23)12(19)8-10/h6-8,19H,5,9H2,1-4H3,(H,16,20). The number of phenolic OH excluding ortho intramolecular Hbond substituents is 1. The first-order valence-corrected chi connectivity index (χ1v) is 7.13. The minimum Gasteiger partial charge on any atom is -0.502 e. The molecule has 0 aliphatic heterocycles. The van der Waals surface area contributed by atoms with Crippen molar-refractivity contribution in [3.05, 3.63) is 33.9 Å². The van der Waals surface area contributed by atoms with E-state index in [9.17, 15) is 24.8 Å². The molecule has 2 amide bonds. The average Bonchev–Trinajstić information content (AvgIpc) is 2.41. The average molecular weight is 323 g/mol. The Morgan fingerprint density at radius 2 is 1.96 bits per heavy atom. The zero-order valence-electron chi connectivity index (χ0n) is 13.6. The maximum absolute atomic E-state index is 12.4. The van der Waals surface area contributed by atoms with E-state index in [1.54, 1.807) is 6.92 Å². The lowest BCUT2D eigenvalue weighted by molar-refractivity contribution is -0.385. The Hall–Kier alpha value is -2.64. The summed E-state index contributed by atoms with van der Waals surface area (Å²) in [4.78, 5) is 35.5. The number of aromatic hydroxyl groups is 1.